The molecule has 2 aromatic carbocycles. The number of aromatic nitrogens is 1. The largest absolute Gasteiger partial charge is 0.573 e. The van der Waals surface area contributed by atoms with Crippen LogP contribution in [0.25, 0.3) is 11.1 Å². The third kappa shape index (κ3) is 6.99. The topological polar surface area (TPSA) is 83.9 Å². The molecule has 0 radical (unpaired) electrons. The summed E-state index contributed by atoms with van der Waals surface area (Å²) in [6, 6.07) is 8.22. The first-order valence-electron chi connectivity index (χ1n) is 11.5. The average Bonchev–Trinajstić information content (AvgIpc) is 2.83. The molecule has 0 atom stereocenters. The lowest BCUT2D eigenvalue weighted by atomic mass is 9.97. The van der Waals surface area contributed by atoms with Crippen LogP contribution in [0.15, 0.2) is 64.6 Å². The zero-order valence-corrected chi connectivity index (χ0v) is 20.6. The van der Waals surface area contributed by atoms with Crippen molar-refractivity contribution in [2.45, 2.75) is 39.0 Å². The summed E-state index contributed by atoms with van der Waals surface area (Å²) >= 11 is 0. The second-order valence-electron chi connectivity index (χ2n) is 8.31. The van der Waals surface area contributed by atoms with Crippen LogP contribution in [-0.2, 0) is 17.6 Å². The van der Waals surface area contributed by atoms with Crippen LogP contribution in [0, 0.1) is 11.6 Å². The zero-order chi connectivity index (χ0) is 28.0. The van der Waals surface area contributed by atoms with Crippen molar-refractivity contribution in [2.75, 3.05) is 7.05 Å². The number of unbranched alkanes of at least 4 members (excludes halogenated alkanes) is 1. The number of aromatic amines is 1. The van der Waals surface area contributed by atoms with E-state index in [1.165, 1.54) is 25.2 Å². The molecule has 11 heteroatoms. The fourth-order valence-corrected chi connectivity index (χ4v) is 3.80. The second-order valence-corrected chi connectivity index (χ2v) is 8.31. The summed E-state index contributed by atoms with van der Waals surface area (Å²) in [6.45, 7) is 5.64. The molecule has 3 rings (SSSR count). The molecule has 0 aliphatic heterocycles. The molecule has 0 bridgehead atoms. The third-order valence-corrected chi connectivity index (χ3v) is 5.45. The van der Waals surface area contributed by atoms with Gasteiger partial charge in [0.2, 0.25) is 5.90 Å². The normalized spacial score (nSPS) is 11.9. The number of H-pyrrole nitrogens is 1. The van der Waals surface area contributed by atoms with Crippen LogP contribution < -0.4 is 10.3 Å². The number of rotatable bonds is 9. The number of aromatic hydroxyl groups is 1. The van der Waals surface area contributed by atoms with Gasteiger partial charge in [0.15, 0.2) is 11.6 Å². The van der Waals surface area contributed by atoms with Crippen LogP contribution in [0.4, 0.5) is 22.0 Å². The molecule has 0 fully saturated rings. The Bertz CT molecular complexity index is 1410. The Balaban J connectivity index is 2.04. The zero-order valence-electron chi connectivity index (χ0n) is 20.6. The molecule has 1 aromatic heterocycles. The Hall–Kier alpha value is -4.15. The van der Waals surface area contributed by atoms with Gasteiger partial charge in [-0.15, -0.1) is 13.2 Å². The molecule has 0 unspecified atom stereocenters. The van der Waals surface area contributed by atoms with E-state index in [-0.39, 0.29) is 34.8 Å². The van der Waals surface area contributed by atoms with Crippen molar-refractivity contribution in [3.05, 3.63) is 93.6 Å². The van der Waals surface area contributed by atoms with Crippen LogP contribution in [0.1, 0.15) is 36.6 Å². The molecule has 38 heavy (non-hydrogen) atoms. The number of nitrogens with one attached hydrogen (secondary N) is 1. The van der Waals surface area contributed by atoms with Gasteiger partial charge in [-0.1, -0.05) is 38.1 Å². The maximum absolute atomic E-state index is 13.6. The molecule has 0 saturated heterocycles. The van der Waals surface area contributed by atoms with Crippen molar-refractivity contribution < 1.29 is 36.5 Å². The number of aryl methyl sites for hydroxylation is 1. The molecule has 0 spiro atoms. The van der Waals surface area contributed by atoms with Gasteiger partial charge in [-0.2, -0.15) is 0 Å². The van der Waals surface area contributed by atoms with E-state index in [1.807, 2.05) is 6.92 Å². The number of alkyl halides is 3. The van der Waals surface area contributed by atoms with E-state index in [9.17, 15) is 31.9 Å². The molecular formula is C27H25F5N2O4. The second kappa shape index (κ2) is 11.9. The Labute approximate surface area is 215 Å². The maximum atomic E-state index is 13.6. The molecular weight excluding hydrogens is 511 g/mol. The van der Waals surface area contributed by atoms with Crippen molar-refractivity contribution in [3.63, 3.8) is 0 Å². The van der Waals surface area contributed by atoms with Crippen molar-refractivity contribution in [1.29, 1.82) is 0 Å². The highest BCUT2D eigenvalue weighted by Gasteiger charge is 2.31. The Kier molecular flexibility index (Phi) is 8.92. The van der Waals surface area contributed by atoms with Crippen molar-refractivity contribution in [2.24, 2.45) is 4.99 Å². The standard InChI is InChI=1S/C27H25F5N2O4/c1-4-5-9-21-22(17-7-6-8-18(14-17)38-27(30,31)32)24(35)23(25(36)34-21)26(33-3)37-15(2)12-16-10-11-19(28)20(29)13-16/h6-8,10-11,13-14H,2,4-5,9,12H2,1,3H3,(H2,34,35,36). The van der Waals surface area contributed by atoms with E-state index in [4.69, 9.17) is 4.74 Å². The molecule has 0 aliphatic rings. The summed E-state index contributed by atoms with van der Waals surface area (Å²) in [4.78, 5) is 19.6. The highest BCUT2D eigenvalue weighted by Crippen LogP contribution is 2.37. The van der Waals surface area contributed by atoms with Gasteiger partial charge in [0, 0.05) is 24.7 Å². The van der Waals surface area contributed by atoms with Crippen molar-refractivity contribution in [3.8, 4) is 22.6 Å². The maximum Gasteiger partial charge on any atom is 0.573 e. The number of aliphatic imine (C=N–C) groups is 1. The molecule has 0 saturated carbocycles. The molecule has 3 aromatic rings. The molecule has 1 heterocycles. The van der Waals surface area contributed by atoms with Crippen molar-refractivity contribution >= 4 is 5.90 Å². The van der Waals surface area contributed by atoms with Gasteiger partial charge in [-0.25, -0.2) is 8.78 Å². The van der Waals surface area contributed by atoms with E-state index >= 15 is 0 Å². The minimum atomic E-state index is -4.93. The quantitative estimate of drug-likeness (QED) is 0.143. The molecule has 6 nitrogen and oxygen atoms in total. The number of halogens is 5. The van der Waals surface area contributed by atoms with Crippen LogP contribution >= 0.6 is 0 Å². The highest BCUT2D eigenvalue weighted by molar-refractivity contribution is 5.99. The summed E-state index contributed by atoms with van der Waals surface area (Å²) in [5.41, 5.74) is -0.254. The number of hydrogen-bond donors (Lipinski definition) is 2. The van der Waals surface area contributed by atoms with Gasteiger partial charge >= 0.3 is 6.36 Å². The fraction of sp³-hybridized carbons (Fsp3) is 0.259. The minimum absolute atomic E-state index is 0.00703. The van der Waals surface area contributed by atoms with Crippen molar-refractivity contribution in [1.82, 2.24) is 4.98 Å². The van der Waals surface area contributed by atoms with Gasteiger partial charge in [0.25, 0.3) is 5.56 Å². The van der Waals surface area contributed by atoms with Gasteiger partial charge < -0.3 is 19.6 Å². The lowest BCUT2D eigenvalue weighted by Crippen LogP contribution is -2.23. The predicted molar refractivity (Wildman–Crippen MR) is 132 cm³/mol. The van der Waals surface area contributed by atoms with Crippen LogP contribution in [0.5, 0.6) is 11.5 Å². The first-order chi connectivity index (χ1) is 17.9. The summed E-state index contributed by atoms with van der Waals surface area (Å²) < 4.78 is 74.8. The lowest BCUT2D eigenvalue weighted by Gasteiger charge is -2.17. The first kappa shape index (κ1) is 28.4. The van der Waals surface area contributed by atoms with E-state index in [1.54, 1.807) is 0 Å². The van der Waals surface area contributed by atoms with Gasteiger partial charge in [-0.3, -0.25) is 9.79 Å². The van der Waals surface area contributed by atoms with Gasteiger partial charge in [0.05, 0.1) is 0 Å². The molecule has 202 valence electrons. The number of ether oxygens (including phenoxy) is 2. The Morgan fingerprint density at radius 1 is 1.13 bits per heavy atom. The monoisotopic (exact) mass is 536 g/mol. The number of hydrogen-bond acceptors (Lipinski definition) is 5. The first-order valence-corrected chi connectivity index (χ1v) is 11.5. The van der Waals surface area contributed by atoms with Gasteiger partial charge in [-0.05, 0) is 48.2 Å². The summed E-state index contributed by atoms with van der Waals surface area (Å²) in [5, 5.41) is 11.2. The number of pyridine rings is 1. The Morgan fingerprint density at radius 2 is 1.87 bits per heavy atom. The SMILES string of the molecule is C=C(Cc1ccc(F)c(F)c1)OC(=NC)c1c(O)c(-c2cccc(OC(F)(F)F)c2)c(CCCC)[nH]c1=O. The number of allylic oxidation sites excluding steroid dienone is 1. The van der Waals surface area contributed by atoms with E-state index in [2.05, 4.69) is 21.3 Å². The molecule has 2 N–H and O–H groups in total. The highest BCUT2D eigenvalue weighted by atomic mass is 19.4. The van der Waals surface area contributed by atoms with Crippen LogP contribution in [0.2, 0.25) is 0 Å². The smallest absolute Gasteiger partial charge is 0.506 e. The van der Waals surface area contributed by atoms with E-state index < -0.39 is 35.1 Å². The van der Waals surface area contributed by atoms with Gasteiger partial charge in [0.1, 0.15) is 22.8 Å². The predicted octanol–water partition coefficient (Wildman–Crippen LogP) is 6.42. The number of nitrogens with zero attached hydrogens (tertiary/aromatic N) is 1. The van der Waals surface area contributed by atoms with Crippen LogP contribution in [0.3, 0.4) is 0 Å². The van der Waals surface area contributed by atoms with Crippen LogP contribution in [-0.4, -0.2) is 29.4 Å². The summed E-state index contributed by atoms with van der Waals surface area (Å²) in [5.74, 6) is -3.48. The lowest BCUT2D eigenvalue weighted by molar-refractivity contribution is -0.274. The Morgan fingerprint density at radius 3 is 2.50 bits per heavy atom. The van der Waals surface area contributed by atoms with E-state index in [0.29, 0.717) is 24.1 Å². The minimum Gasteiger partial charge on any atom is -0.506 e. The van der Waals surface area contributed by atoms with E-state index in [0.717, 1.165) is 30.7 Å². The average molecular weight is 536 g/mol. The number of benzene rings is 2. The fourth-order valence-electron chi connectivity index (χ4n) is 3.80. The molecule has 0 amide bonds. The third-order valence-electron chi connectivity index (χ3n) is 5.45. The summed E-state index contributed by atoms with van der Waals surface area (Å²) in [7, 11) is 1.29. The molecule has 0 aliphatic carbocycles. The summed E-state index contributed by atoms with van der Waals surface area (Å²) in [6.07, 6.45) is -3.30.